The zero-order valence-electron chi connectivity index (χ0n) is 13.4. The summed E-state index contributed by atoms with van der Waals surface area (Å²) in [5, 5.41) is 7.74. The van der Waals surface area contributed by atoms with Crippen LogP contribution in [0.4, 0.5) is 0 Å². The molecule has 0 aliphatic rings. The van der Waals surface area contributed by atoms with E-state index in [4.69, 9.17) is 21.4 Å². The monoisotopic (exact) mass is 351 g/mol. The van der Waals surface area contributed by atoms with E-state index >= 15 is 0 Å². The van der Waals surface area contributed by atoms with Gasteiger partial charge in [0.15, 0.2) is 0 Å². The van der Waals surface area contributed by atoms with Crippen LogP contribution in [0.2, 0.25) is 0 Å². The lowest BCUT2D eigenvalue weighted by Gasteiger charge is -2.19. The fourth-order valence-electron chi connectivity index (χ4n) is 1.43. The SMILES string of the molecule is CC(COc1ccc(C(C)(C)C)cc1)OS(=O)[O-].OCCCl. The molecule has 1 aromatic carbocycles. The predicted octanol–water partition coefficient (Wildman–Crippen LogP) is 2.78. The molecule has 0 aliphatic heterocycles. The predicted molar refractivity (Wildman–Crippen MR) is 87.9 cm³/mol. The topological polar surface area (TPSA) is 78.8 Å². The Balaban J connectivity index is 0.000000980. The van der Waals surface area contributed by atoms with Crippen LogP contribution in [0.1, 0.15) is 33.3 Å². The molecular weight excluding hydrogens is 328 g/mol. The van der Waals surface area contributed by atoms with E-state index in [-0.39, 0.29) is 18.6 Å². The Morgan fingerprint density at radius 1 is 1.32 bits per heavy atom. The van der Waals surface area contributed by atoms with Crippen molar-refractivity contribution in [1.82, 2.24) is 0 Å². The molecule has 0 saturated heterocycles. The van der Waals surface area contributed by atoms with Crippen molar-refractivity contribution in [3.8, 4) is 5.75 Å². The van der Waals surface area contributed by atoms with E-state index < -0.39 is 17.5 Å². The van der Waals surface area contributed by atoms with Gasteiger partial charge in [-0.05, 0) is 30.0 Å². The molecule has 0 aliphatic carbocycles. The summed E-state index contributed by atoms with van der Waals surface area (Å²) in [4.78, 5) is 0. The van der Waals surface area contributed by atoms with Crippen molar-refractivity contribution >= 4 is 23.0 Å². The lowest BCUT2D eigenvalue weighted by atomic mass is 9.87. The third-order valence-electron chi connectivity index (χ3n) is 2.53. The van der Waals surface area contributed by atoms with Crippen LogP contribution in [0.3, 0.4) is 0 Å². The number of hydrogen-bond donors (Lipinski definition) is 1. The van der Waals surface area contributed by atoms with Crippen LogP contribution >= 0.6 is 11.6 Å². The minimum absolute atomic E-state index is 0.0849. The Morgan fingerprint density at radius 3 is 2.18 bits per heavy atom. The van der Waals surface area contributed by atoms with Gasteiger partial charge in [-0.3, -0.25) is 4.18 Å². The zero-order valence-corrected chi connectivity index (χ0v) is 14.9. The second-order valence-corrected chi connectivity index (χ2v) is 6.59. The molecule has 5 nitrogen and oxygen atoms in total. The highest BCUT2D eigenvalue weighted by Crippen LogP contribution is 2.24. The van der Waals surface area contributed by atoms with Crippen molar-refractivity contribution in [3.63, 3.8) is 0 Å². The maximum absolute atomic E-state index is 10.3. The molecule has 2 unspecified atom stereocenters. The van der Waals surface area contributed by atoms with E-state index in [9.17, 15) is 8.76 Å². The second-order valence-electron chi connectivity index (χ2n) is 5.61. The first-order valence-electron chi connectivity index (χ1n) is 6.87. The Bertz CT molecular complexity index is 429. The maximum atomic E-state index is 10.3. The summed E-state index contributed by atoms with van der Waals surface area (Å²) in [6.45, 7) is 8.34. The summed E-state index contributed by atoms with van der Waals surface area (Å²) in [5.41, 5.74) is 1.33. The van der Waals surface area contributed by atoms with Gasteiger partial charge in [0.1, 0.15) is 18.5 Å². The Kier molecular flexibility index (Phi) is 10.6. The average molecular weight is 352 g/mol. The first-order chi connectivity index (χ1) is 10.2. The van der Waals surface area contributed by atoms with Crippen molar-refractivity contribution in [1.29, 1.82) is 0 Å². The Labute approximate surface area is 140 Å². The molecule has 7 heteroatoms. The highest BCUT2D eigenvalue weighted by atomic mass is 35.5. The van der Waals surface area contributed by atoms with Crippen LogP contribution in [-0.4, -0.2) is 39.1 Å². The number of aliphatic hydroxyl groups excluding tert-OH is 1. The van der Waals surface area contributed by atoms with E-state index in [1.165, 1.54) is 5.56 Å². The molecule has 0 heterocycles. The Morgan fingerprint density at radius 2 is 1.82 bits per heavy atom. The molecule has 22 heavy (non-hydrogen) atoms. The van der Waals surface area contributed by atoms with Crippen molar-refractivity contribution in [2.45, 2.75) is 39.2 Å². The number of benzene rings is 1. The van der Waals surface area contributed by atoms with Gasteiger partial charge < -0.3 is 14.4 Å². The third kappa shape index (κ3) is 10.1. The lowest BCUT2D eigenvalue weighted by molar-refractivity contribution is 0.144. The molecule has 1 rings (SSSR count). The molecule has 0 aromatic heterocycles. The van der Waals surface area contributed by atoms with E-state index in [0.717, 1.165) is 0 Å². The van der Waals surface area contributed by atoms with Gasteiger partial charge in [-0.25, -0.2) is 4.21 Å². The molecule has 0 amide bonds. The summed E-state index contributed by atoms with van der Waals surface area (Å²) in [6, 6.07) is 7.77. The van der Waals surface area contributed by atoms with E-state index in [0.29, 0.717) is 11.6 Å². The largest absolute Gasteiger partial charge is 0.750 e. The van der Waals surface area contributed by atoms with Crippen molar-refractivity contribution in [3.05, 3.63) is 29.8 Å². The van der Waals surface area contributed by atoms with Gasteiger partial charge in [0.25, 0.3) is 0 Å². The van der Waals surface area contributed by atoms with Crippen LogP contribution in [0.5, 0.6) is 5.75 Å². The van der Waals surface area contributed by atoms with Gasteiger partial charge in [-0.2, -0.15) is 0 Å². The van der Waals surface area contributed by atoms with Crippen LogP contribution in [-0.2, 0) is 21.0 Å². The van der Waals surface area contributed by atoms with E-state index in [1.54, 1.807) is 6.92 Å². The zero-order chi connectivity index (χ0) is 17.2. The highest BCUT2D eigenvalue weighted by molar-refractivity contribution is 7.74. The number of rotatable bonds is 6. The van der Waals surface area contributed by atoms with E-state index in [2.05, 4.69) is 25.0 Å². The molecule has 0 fully saturated rings. The van der Waals surface area contributed by atoms with Crippen molar-refractivity contribution in [2.24, 2.45) is 0 Å². The van der Waals surface area contributed by atoms with Crippen molar-refractivity contribution < 1.29 is 22.8 Å². The van der Waals surface area contributed by atoms with Crippen molar-refractivity contribution in [2.75, 3.05) is 19.1 Å². The number of ether oxygens (including phenoxy) is 1. The highest BCUT2D eigenvalue weighted by Gasteiger charge is 2.13. The molecule has 128 valence electrons. The minimum Gasteiger partial charge on any atom is -0.750 e. The summed E-state index contributed by atoms with van der Waals surface area (Å²) in [6.07, 6.45) is -0.495. The third-order valence-corrected chi connectivity index (χ3v) is 3.19. The normalized spacial score (nSPS) is 13.8. The van der Waals surface area contributed by atoms with E-state index in [1.807, 2.05) is 24.3 Å². The van der Waals surface area contributed by atoms with Gasteiger partial charge >= 0.3 is 0 Å². The number of alkyl halides is 1. The molecule has 0 bridgehead atoms. The van der Waals surface area contributed by atoms with Gasteiger partial charge in [0.2, 0.25) is 0 Å². The standard InChI is InChI=1S/C13H20O4S.C2H5ClO/c1-10(17-18(14)15)9-16-12-7-5-11(6-8-12)13(2,3)4;3-1-2-4/h5-8,10H,9H2,1-4H3,(H,14,15);4H,1-2H2/p-1. The average Bonchev–Trinajstić information content (AvgIpc) is 2.44. The molecule has 1 aromatic rings. The number of halogens is 1. The molecule has 2 atom stereocenters. The second kappa shape index (κ2) is 11.0. The quantitative estimate of drug-likeness (QED) is 0.629. The van der Waals surface area contributed by atoms with Crippen LogP contribution in [0.15, 0.2) is 24.3 Å². The summed E-state index contributed by atoms with van der Waals surface area (Å²) < 4.78 is 30.6. The fourth-order valence-corrected chi connectivity index (χ4v) is 1.75. The first-order valence-corrected chi connectivity index (χ1v) is 8.40. The van der Waals surface area contributed by atoms with Gasteiger partial charge in [0, 0.05) is 5.88 Å². The number of hydrogen-bond acceptors (Lipinski definition) is 5. The van der Waals surface area contributed by atoms with Crippen LogP contribution < -0.4 is 4.74 Å². The molecule has 0 spiro atoms. The fraction of sp³-hybridized carbons (Fsp3) is 0.600. The van der Waals surface area contributed by atoms with Crippen LogP contribution in [0, 0.1) is 0 Å². The lowest BCUT2D eigenvalue weighted by Crippen LogP contribution is -2.19. The Hall–Kier alpha value is -0.660. The van der Waals surface area contributed by atoms with Crippen LogP contribution in [0.25, 0.3) is 0 Å². The van der Waals surface area contributed by atoms with Gasteiger partial charge in [-0.15, -0.1) is 11.6 Å². The molecule has 0 radical (unpaired) electrons. The molecule has 0 saturated carbocycles. The summed E-state index contributed by atoms with van der Waals surface area (Å²) in [5.74, 6) is 1.05. The van der Waals surface area contributed by atoms with Gasteiger partial charge in [0.05, 0.1) is 18.0 Å². The first kappa shape index (κ1) is 21.3. The number of aliphatic hydroxyl groups is 1. The summed E-state index contributed by atoms with van der Waals surface area (Å²) in [7, 11) is 0. The smallest absolute Gasteiger partial charge is 0.119 e. The van der Waals surface area contributed by atoms with Gasteiger partial charge in [-0.1, -0.05) is 32.9 Å². The molecular formula is C15H24ClO5S-. The minimum atomic E-state index is -2.50. The molecule has 1 N–H and O–H groups in total. The summed E-state index contributed by atoms with van der Waals surface area (Å²) >= 11 is 2.44. The maximum Gasteiger partial charge on any atom is 0.119 e.